The first-order chi connectivity index (χ1) is 11.5. The Balaban J connectivity index is 0.000000481. The first-order valence-electron chi connectivity index (χ1n) is 8.35. The molecule has 0 aromatic heterocycles. The molecule has 0 atom stereocenters. The van der Waals surface area contributed by atoms with Crippen LogP contribution in [0.4, 0.5) is 5.69 Å². The fourth-order valence-corrected chi connectivity index (χ4v) is 3.02. The highest BCUT2D eigenvalue weighted by atomic mass is 16.5. The standard InChI is InChI=1S/C10H13NO2.C9H21NO3/c1-11(2)9-6-4-8(5-7-9)10(12)13-3;1-7(2,11)10(8(3,4)12)9(5,6)13/h4-7H,1-3H3;11-13H,1-6H3. The summed E-state index contributed by atoms with van der Waals surface area (Å²) >= 11 is 0. The second kappa shape index (κ2) is 8.81. The molecule has 0 amide bonds. The summed E-state index contributed by atoms with van der Waals surface area (Å²) in [6, 6.07) is 7.26. The van der Waals surface area contributed by atoms with Crippen LogP contribution >= 0.6 is 0 Å². The Kier molecular flexibility index (Phi) is 8.25. The van der Waals surface area contributed by atoms with E-state index in [1.54, 1.807) is 12.1 Å². The molecule has 0 bridgehead atoms. The molecular weight excluding hydrogens is 336 g/mol. The fraction of sp³-hybridized carbons (Fsp3) is 0.632. The van der Waals surface area contributed by atoms with Crippen LogP contribution in [0.15, 0.2) is 24.3 Å². The van der Waals surface area contributed by atoms with Crippen LogP contribution in [0.3, 0.4) is 0 Å². The van der Waals surface area contributed by atoms with Gasteiger partial charge in [-0.25, -0.2) is 9.69 Å². The minimum Gasteiger partial charge on any atom is -0.465 e. The number of aliphatic hydroxyl groups is 3. The van der Waals surface area contributed by atoms with E-state index in [2.05, 4.69) is 4.74 Å². The lowest BCUT2D eigenvalue weighted by Crippen LogP contribution is -2.64. The smallest absolute Gasteiger partial charge is 0.337 e. The Bertz CT molecular complexity index is 530. The summed E-state index contributed by atoms with van der Waals surface area (Å²) < 4.78 is 4.58. The molecule has 0 aliphatic heterocycles. The average Bonchev–Trinajstić information content (AvgIpc) is 2.42. The largest absolute Gasteiger partial charge is 0.465 e. The van der Waals surface area contributed by atoms with Crippen molar-refractivity contribution in [3.05, 3.63) is 29.8 Å². The highest BCUT2D eigenvalue weighted by Gasteiger charge is 2.43. The maximum absolute atomic E-state index is 11.1. The number of rotatable bonds is 5. The van der Waals surface area contributed by atoms with Gasteiger partial charge in [0.1, 0.15) is 17.2 Å². The lowest BCUT2D eigenvalue weighted by Gasteiger charge is -2.49. The molecule has 26 heavy (non-hydrogen) atoms. The summed E-state index contributed by atoms with van der Waals surface area (Å²) in [6.45, 7) is 9.10. The predicted molar refractivity (Wildman–Crippen MR) is 103 cm³/mol. The molecule has 150 valence electrons. The highest BCUT2D eigenvalue weighted by Crippen LogP contribution is 2.29. The summed E-state index contributed by atoms with van der Waals surface area (Å²) in [7, 11) is 5.28. The van der Waals surface area contributed by atoms with Crippen molar-refractivity contribution in [2.24, 2.45) is 0 Å². The van der Waals surface area contributed by atoms with Gasteiger partial charge >= 0.3 is 5.97 Å². The van der Waals surface area contributed by atoms with E-state index in [0.29, 0.717) is 5.56 Å². The Morgan fingerprint density at radius 1 is 0.846 bits per heavy atom. The minimum absolute atomic E-state index is 0.301. The first-order valence-corrected chi connectivity index (χ1v) is 8.35. The van der Waals surface area contributed by atoms with Gasteiger partial charge in [0.25, 0.3) is 0 Å². The number of benzene rings is 1. The number of hydrogen-bond donors (Lipinski definition) is 3. The summed E-state index contributed by atoms with van der Waals surface area (Å²) in [5.41, 5.74) is -2.20. The van der Waals surface area contributed by atoms with Crippen LogP contribution in [0.25, 0.3) is 0 Å². The van der Waals surface area contributed by atoms with Crippen molar-refractivity contribution in [3.8, 4) is 0 Å². The number of nitrogens with zero attached hydrogens (tertiary/aromatic N) is 2. The van der Waals surface area contributed by atoms with Gasteiger partial charge in [-0.3, -0.25) is 0 Å². The zero-order valence-corrected chi connectivity index (χ0v) is 17.4. The number of methoxy groups -OCH3 is 1. The Morgan fingerprint density at radius 3 is 1.38 bits per heavy atom. The van der Waals surface area contributed by atoms with Crippen LogP contribution in [-0.2, 0) is 4.74 Å². The monoisotopic (exact) mass is 370 g/mol. The van der Waals surface area contributed by atoms with Crippen molar-refractivity contribution in [3.63, 3.8) is 0 Å². The van der Waals surface area contributed by atoms with E-state index in [9.17, 15) is 20.1 Å². The third-order valence-corrected chi connectivity index (χ3v) is 3.45. The molecule has 3 N–H and O–H groups in total. The number of hydrogen-bond acceptors (Lipinski definition) is 7. The second-order valence-corrected chi connectivity index (χ2v) is 7.75. The third-order valence-electron chi connectivity index (χ3n) is 3.45. The van der Waals surface area contributed by atoms with E-state index in [4.69, 9.17) is 0 Å². The van der Waals surface area contributed by atoms with Gasteiger partial charge < -0.3 is 25.0 Å². The lowest BCUT2D eigenvalue weighted by molar-refractivity contribution is -0.288. The Hall–Kier alpha value is -1.67. The van der Waals surface area contributed by atoms with Gasteiger partial charge in [-0.05, 0) is 65.8 Å². The third kappa shape index (κ3) is 7.70. The molecule has 0 spiro atoms. The van der Waals surface area contributed by atoms with Gasteiger partial charge in [-0.1, -0.05) is 0 Å². The molecule has 0 aliphatic rings. The molecule has 0 unspecified atom stereocenters. The fourth-order valence-electron chi connectivity index (χ4n) is 3.02. The van der Waals surface area contributed by atoms with E-state index in [1.165, 1.54) is 53.6 Å². The molecule has 0 aliphatic carbocycles. The van der Waals surface area contributed by atoms with Crippen molar-refractivity contribution in [1.29, 1.82) is 0 Å². The summed E-state index contributed by atoms with van der Waals surface area (Å²) in [5, 5.41) is 29.3. The first kappa shape index (κ1) is 24.3. The molecule has 0 fully saturated rings. The molecule has 0 radical (unpaired) electrons. The molecule has 1 aromatic carbocycles. The van der Waals surface area contributed by atoms with Crippen molar-refractivity contribution < 1.29 is 24.9 Å². The van der Waals surface area contributed by atoms with Crippen molar-refractivity contribution in [2.75, 3.05) is 26.1 Å². The Morgan fingerprint density at radius 2 is 1.19 bits per heavy atom. The van der Waals surface area contributed by atoms with Crippen molar-refractivity contribution >= 4 is 11.7 Å². The maximum atomic E-state index is 11.1. The molecule has 0 saturated carbocycles. The van der Waals surface area contributed by atoms with Crippen LogP contribution in [-0.4, -0.2) is 64.6 Å². The number of anilines is 1. The number of carbonyl (C=O) groups excluding carboxylic acids is 1. The van der Waals surface area contributed by atoms with Gasteiger partial charge in [0.05, 0.1) is 12.7 Å². The molecule has 7 nitrogen and oxygen atoms in total. The van der Waals surface area contributed by atoms with E-state index in [1.807, 2.05) is 31.1 Å². The Labute approximate surface area is 156 Å². The highest BCUT2D eigenvalue weighted by molar-refractivity contribution is 5.89. The molecule has 1 rings (SSSR count). The van der Waals surface area contributed by atoms with Crippen LogP contribution in [0, 0.1) is 0 Å². The number of esters is 1. The summed E-state index contributed by atoms with van der Waals surface area (Å²) in [5.74, 6) is -0.301. The van der Waals surface area contributed by atoms with Crippen LogP contribution < -0.4 is 4.90 Å². The SMILES string of the molecule is CC(C)(O)N(C(C)(C)O)C(C)(C)O.COC(=O)c1ccc(N(C)C)cc1. The quantitative estimate of drug-likeness (QED) is 0.539. The number of carbonyl (C=O) groups is 1. The van der Waals surface area contributed by atoms with E-state index in [0.717, 1.165) is 5.69 Å². The van der Waals surface area contributed by atoms with Crippen LogP contribution in [0.1, 0.15) is 51.9 Å². The molecule has 0 saturated heterocycles. The molecule has 1 aromatic rings. The van der Waals surface area contributed by atoms with Gasteiger partial charge in [0.2, 0.25) is 0 Å². The van der Waals surface area contributed by atoms with Gasteiger partial charge in [0.15, 0.2) is 0 Å². The summed E-state index contributed by atoms with van der Waals surface area (Å²) in [4.78, 5) is 14.3. The molecule has 0 heterocycles. The minimum atomic E-state index is -1.28. The number of ether oxygens (including phenoxy) is 1. The van der Waals surface area contributed by atoms with Gasteiger partial charge in [-0.2, -0.15) is 0 Å². The normalized spacial score (nSPS) is 12.3. The maximum Gasteiger partial charge on any atom is 0.337 e. The topological polar surface area (TPSA) is 93.5 Å². The zero-order valence-electron chi connectivity index (χ0n) is 17.4. The summed E-state index contributed by atoms with van der Waals surface area (Å²) in [6.07, 6.45) is 0. The molecular formula is C19H34N2O5. The van der Waals surface area contributed by atoms with Gasteiger partial charge in [-0.15, -0.1) is 0 Å². The van der Waals surface area contributed by atoms with Crippen LogP contribution in [0.5, 0.6) is 0 Å². The van der Waals surface area contributed by atoms with E-state index >= 15 is 0 Å². The van der Waals surface area contributed by atoms with Gasteiger partial charge in [0, 0.05) is 19.8 Å². The second-order valence-electron chi connectivity index (χ2n) is 7.75. The molecule has 7 heteroatoms. The average molecular weight is 370 g/mol. The lowest BCUT2D eigenvalue weighted by atomic mass is 10.1. The van der Waals surface area contributed by atoms with E-state index < -0.39 is 17.2 Å². The van der Waals surface area contributed by atoms with Crippen LogP contribution in [0.2, 0.25) is 0 Å². The van der Waals surface area contributed by atoms with E-state index in [-0.39, 0.29) is 5.97 Å². The zero-order chi connectivity index (χ0) is 20.9. The van der Waals surface area contributed by atoms with Crippen molar-refractivity contribution in [1.82, 2.24) is 4.90 Å². The van der Waals surface area contributed by atoms with Crippen molar-refractivity contribution in [2.45, 2.75) is 58.7 Å². The predicted octanol–water partition coefficient (Wildman–Crippen LogP) is 2.01.